The Balaban J connectivity index is 1.96. The van der Waals surface area contributed by atoms with Gasteiger partial charge in [0.1, 0.15) is 5.69 Å². The van der Waals surface area contributed by atoms with Crippen LogP contribution in [0.2, 0.25) is 0 Å². The molecule has 0 aliphatic rings. The second-order valence-corrected chi connectivity index (χ2v) is 5.73. The Morgan fingerprint density at radius 2 is 1.93 bits per heavy atom. The third-order valence-electron chi connectivity index (χ3n) is 3.06. The van der Waals surface area contributed by atoms with E-state index in [9.17, 15) is 32.9 Å². The number of hydrogen-bond donors (Lipinski definition) is 3. The normalized spacial score (nSPS) is 11.0. The van der Waals surface area contributed by atoms with E-state index in [4.69, 9.17) is 4.42 Å². The highest BCUT2D eigenvalue weighted by molar-refractivity contribution is 9.10. The van der Waals surface area contributed by atoms with Gasteiger partial charge in [0.15, 0.2) is 10.4 Å². The van der Waals surface area contributed by atoms with E-state index >= 15 is 0 Å². The third kappa shape index (κ3) is 5.44. The number of benzene rings is 1. The predicted molar refractivity (Wildman–Crippen MR) is 88.6 cm³/mol. The molecule has 0 saturated carbocycles. The molecule has 0 unspecified atom stereocenters. The molecule has 0 spiro atoms. The van der Waals surface area contributed by atoms with Crippen molar-refractivity contribution in [3.05, 3.63) is 56.4 Å². The lowest BCUT2D eigenvalue weighted by Crippen LogP contribution is -2.39. The molecular weight excluding hydrogens is 441 g/mol. The molecule has 0 aliphatic carbocycles. The number of rotatable bonds is 6. The van der Waals surface area contributed by atoms with Crippen LogP contribution < -0.4 is 16.2 Å². The highest BCUT2D eigenvalue weighted by atomic mass is 79.9. The number of nitrogens with zero attached hydrogens (tertiary/aromatic N) is 1. The van der Waals surface area contributed by atoms with E-state index in [0.29, 0.717) is 16.8 Å². The molecule has 2 rings (SSSR count). The summed E-state index contributed by atoms with van der Waals surface area (Å²) in [6, 6.07) is 4.60. The van der Waals surface area contributed by atoms with Crippen molar-refractivity contribution in [2.45, 2.75) is 6.18 Å². The van der Waals surface area contributed by atoms with E-state index in [0.717, 1.165) is 6.07 Å². The van der Waals surface area contributed by atoms with Crippen molar-refractivity contribution in [3.8, 4) is 0 Å². The zero-order chi connectivity index (χ0) is 20.2. The lowest BCUT2D eigenvalue weighted by molar-refractivity contribution is -0.384. The van der Waals surface area contributed by atoms with Crippen LogP contribution in [0.5, 0.6) is 0 Å². The van der Waals surface area contributed by atoms with Crippen LogP contribution >= 0.6 is 15.9 Å². The standard InChI is InChI=1S/C14H10BrF3N4O5/c15-11-4-3-10(27-11)13(24)19-6-12(23)21-20-8-2-1-7(14(16,17)18)5-9(8)22(25)26/h1-5,20H,6H2,(H,19,24)(H,21,23). The largest absolute Gasteiger partial charge is 0.444 e. The van der Waals surface area contributed by atoms with Crippen LogP contribution in [0.3, 0.4) is 0 Å². The molecule has 1 aromatic carbocycles. The summed E-state index contributed by atoms with van der Waals surface area (Å²) in [6.07, 6.45) is -4.75. The fraction of sp³-hybridized carbons (Fsp3) is 0.143. The fourth-order valence-electron chi connectivity index (χ4n) is 1.83. The number of alkyl halides is 3. The molecule has 27 heavy (non-hydrogen) atoms. The summed E-state index contributed by atoms with van der Waals surface area (Å²) >= 11 is 3.01. The molecule has 2 amide bonds. The Morgan fingerprint density at radius 3 is 2.48 bits per heavy atom. The van der Waals surface area contributed by atoms with Crippen LogP contribution in [0.15, 0.2) is 39.4 Å². The molecule has 144 valence electrons. The van der Waals surface area contributed by atoms with E-state index < -0.39 is 40.7 Å². The van der Waals surface area contributed by atoms with Crippen molar-refractivity contribution in [2.75, 3.05) is 12.0 Å². The number of anilines is 1. The lowest BCUT2D eigenvalue weighted by atomic mass is 10.1. The smallest absolute Gasteiger partial charge is 0.416 e. The lowest BCUT2D eigenvalue weighted by Gasteiger charge is -2.11. The fourth-order valence-corrected chi connectivity index (χ4v) is 2.14. The van der Waals surface area contributed by atoms with E-state index in [1.165, 1.54) is 12.1 Å². The first-order valence-corrected chi connectivity index (χ1v) is 7.81. The molecule has 0 atom stereocenters. The van der Waals surface area contributed by atoms with E-state index in [1.807, 2.05) is 5.43 Å². The van der Waals surface area contributed by atoms with Crippen molar-refractivity contribution in [2.24, 2.45) is 0 Å². The zero-order valence-electron chi connectivity index (χ0n) is 13.1. The van der Waals surface area contributed by atoms with Crippen molar-refractivity contribution in [1.29, 1.82) is 0 Å². The summed E-state index contributed by atoms with van der Waals surface area (Å²) in [5, 5.41) is 13.2. The van der Waals surface area contributed by atoms with Crippen LogP contribution in [-0.4, -0.2) is 23.3 Å². The number of nitro benzene ring substituents is 1. The number of nitro groups is 1. The topological polar surface area (TPSA) is 127 Å². The Morgan fingerprint density at radius 1 is 1.22 bits per heavy atom. The molecule has 1 heterocycles. The molecule has 0 saturated heterocycles. The van der Waals surface area contributed by atoms with E-state index in [1.54, 1.807) is 0 Å². The highest BCUT2D eigenvalue weighted by Gasteiger charge is 2.33. The van der Waals surface area contributed by atoms with Gasteiger partial charge in [-0.2, -0.15) is 13.2 Å². The number of nitrogens with one attached hydrogen (secondary N) is 3. The number of carbonyl (C=O) groups is 2. The number of amides is 2. The SMILES string of the molecule is O=C(CNC(=O)c1ccc(Br)o1)NNc1ccc(C(F)(F)F)cc1[N+](=O)[O-]. The van der Waals surface area contributed by atoms with Crippen molar-refractivity contribution >= 4 is 39.1 Å². The minimum absolute atomic E-state index is 0.0546. The Bertz CT molecular complexity index is 884. The summed E-state index contributed by atoms with van der Waals surface area (Å²) in [5.74, 6) is -1.54. The molecule has 9 nitrogen and oxygen atoms in total. The molecule has 0 bridgehead atoms. The summed E-state index contributed by atoms with van der Waals surface area (Å²) < 4.78 is 43.2. The van der Waals surface area contributed by atoms with Crippen LogP contribution in [0.4, 0.5) is 24.5 Å². The summed E-state index contributed by atoms with van der Waals surface area (Å²) in [4.78, 5) is 33.3. The first-order valence-electron chi connectivity index (χ1n) is 7.02. The average Bonchev–Trinajstić information content (AvgIpc) is 3.03. The Kier molecular flexibility index (Phi) is 6.05. The van der Waals surface area contributed by atoms with Gasteiger partial charge in [-0.1, -0.05) is 0 Å². The van der Waals surface area contributed by atoms with Gasteiger partial charge in [-0.15, -0.1) is 0 Å². The summed E-state index contributed by atoms with van der Waals surface area (Å²) in [7, 11) is 0. The maximum Gasteiger partial charge on any atom is 0.416 e. The molecule has 2 aromatic rings. The maximum atomic E-state index is 12.6. The van der Waals surface area contributed by atoms with Crippen LogP contribution in [-0.2, 0) is 11.0 Å². The number of furan rings is 1. The third-order valence-corrected chi connectivity index (χ3v) is 3.49. The number of hydrogen-bond acceptors (Lipinski definition) is 6. The molecule has 0 fully saturated rings. The molecule has 13 heteroatoms. The molecule has 3 N–H and O–H groups in total. The monoisotopic (exact) mass is 450 g/mol. The minimum atomic E-state index is -4.75. The van der Waals surface area contributed by atoms with Crippen LogP contribution in [0, 0.1) is 10.1 Å². The quantitative estimate of drug-likeness (QED) is 0.458. The maximum absolute atomic E-state index is 12.6. The Labute approximate surface area is 157 Å². The van der Waals surface area contributed by atoms with Gasteiger partial charge in [0, 0.05) is 6.07 Å². The van der Waals surface area contributed by atoms with Gasteiger partial charge in [0.2, 0.25) is 0 Å². The molecule has 0 radical (unpaired) electrons. The van der Waals surface area contributed by atoms with Gasteiger partial charge < -0.3 is 9.73 Å². The highest BCUT2D eigenvalue weighted by Crippen LogP contribution is 2.34. The molecular formula is C14H10BrF3N4O5. The summed E-state index contributed by atoms with van der Waals surface area (Å²) in [6.45, 7) is -0.515. The van der Waals surface area contributed by atoms with Gasteiger partial charge in [-0.3, -0.25) is 30.6 Å². The van der Waals surface area contributed by atoms with Crippen LogP contribution in [0.25, 0.3) is 0 Å². The zero-order valence-corrected chi connectivity index (χ0v) is 14.7. The number of hydrazine groups is 1. The molecule has 1 aromatic heterocycles. The minimum Gasteiger partial charge on any atom is -0.444 e. The number of carbonyl (C=O) groups excluding carboxylic acids is 2. The predicted octanol–water partition coefficient (Wildman–Crippen LogP) is 2.84. The Hall–Kier alpha value is -3.09. The molecule has 0 aliphatic heterocycles. The van der Waals surface area contributed by atoms with Gasteiger partial charge in [-0.05, 0) is 40.2 Å². The van der Waals surface area contributed by atoms with Gasteiger partial charge in [0.05, 0.1) is 17.0 Å². The van der Waals surface area contributed by atoms with Crippen molar-refractivity contribution in [3.63, 3.8) is 0 Å². The van der Waals surface area contributed by atoms with E-state index in [-0.39, 0.29) is 11.4 Å². The first-order chi connectivity index (χ1) is 12.6. The van der Waals surface area contributed by atoms with Crippen molar-refractivity contribution < 1.29 is 32.1 Å². The number of halogens is 4. The van der Waals surface area contributed by atoms with Crippen LogP contribution in [0.1, 0.15) is 16.1 Å². The van der Waals surface area contributed by atoms with Crippen molar-refractivity contribution in [1.82, 2.24) is 10.7 Å². The van der Waals surface area contributed by atoms with Gasteiger partial charge in [0.25, 0.3) is 17.5 Å². The van der Waals surface area contributed by atoms with Gasteiger partial charge in [-0.25, -0.2) is 0 Å². The van der Waals surface area contributed by atoms with Gasteiger partial charge >= 0.3 is 6.18 Å². The van der Waals surface area contributed by atoms with E-state index in [2.05, 4.69) is 26.7 Å². The summed E-state index contributed by atoms with van der Waals surface area (Å²) in [5.41, 5.74) is 1.74. The second kappa shape index (κ2) is 8.07. The second-order valence-electron chi connectivity index (χ2n) is 4.95. The first kappa shape index (κ1) is 20.2. The average molecular weight is 451 g/mol.